The van der Waals surface area contributed by atoms with Crippen LogP contribution < -0.4 is 14.8 Å². The van der Waals surface area contributed by atoms with Crippen LogP contribution >= 0.6 is 12.4 Å². The highest BCUT2D eigenvalue weighted by Crippen LogP contribution is 2.28. The Bertz CT molecular complexity index is 1070. The molecule has 6 nitrogen and oxygen atoms in total. The van der Waals surface area contributed by atoms with Crippen molar-refractivity contribution in [1.29, 1.82) is 0 Å². The molecule has 3 rings (SSSR count). The predicted octanol–water partition coefficient (Wildman–Crippen LogP) is 5.01. The number of halogens is 1. The molecule has 0 saturated carbocycles. The van der Waals surface area contributed by atoms with Gasteiger partial charge < -0.3 is 19.3 Å². The Morgan fingerprint density at radius 3 is 2.09 bits per heavy atom. The molecule has 1 N–H and O–H groups in total. The summed E-state index contributed by atoms with van der Waals surface area (Å²) in [5.41, 5.74) is 1.95. The Morgan fingerprint density at radius 2 is 1.51 bits per heavy atom. The summed E-state index contributed by atoms with van der Waals surface area (Å²) in [5.74, 6) is 0.600. The highest BCUT2D eigenvalue weighted by atomic mass is 35.5. The second-order valence-electron chi connectivity index (χ2n) is 7.98. The second kappa shape index (κ2) is 13.9. The summed E-state index contributed by atoms with van der Waals surface area (Å²) in [4.78, 5) is 24.8. The van der Waals surface area contributed by atoms with E-state index in [4.69, 9.17) is 9.47 Å². The van der Waals surface area contributed by atoms with E-state index in [1.165, 1.54) is 0 Å². The van der Waals surface area contributed by atoms with Crippen LogP contribution in [0, 0.1) is 0 Å². The number of Topliss-reactive ketones (excluding diaryl/α,β-unsaturated/α-hetero) is 1. The van der Waals surface area contributed by atoms with Crippen LogP contribution in [-0.2, 0) is 11.2 Å². The zero-order valence-corrected chi connectivity index (χ0v) is 21.6. The van der Waals surface area contributed by atoms with Gasteiger partial charge in [0.2, 0.25) is 0 Å². The Kier molecular flexibility index (Phi) is 11.3. The standard InChI is InChI=1S/C27H29NO5S.ClH/c1-19(17-26(34(3)31)21-11-13-23(32-2)14-12-21)28-18-25(29)20-9-15-24(16-10-20)33-27(30)22-7-5-4-6-8-22;/h4-16,19,26,28H,17-18H2,1-3H3;1H. The lowest BCUT2D eigenvalue weighted by Gasteiger charge is -2.23. The summed E-state index contributed by atoms with van der Waals surface area (Å²) in [7, 11) is 1.61. The van der Waals surface area contributed by atoms with Crippen molar-refractivity contribution in [2.45, 2.75) is 24.6 Å². The average Bonchev–Trinajstić information content (AvgIpc) is 2.86. The van der Waals surface area contributed by atoms with Crippen molar-refractivity contribution in [1.82, 2.24) is 5.32 Å². The van der Waals surface area contributed by atoms with Gasteiger partial charge in [-0.2, -0.15) is 0 Å². The van der Waals surface area contributed by atoms with E-state index in [0.29, 0.717) is 23.3 Å². The van der Waals surface area contributed by atoms with Gasteiger partial charge in [-0.15, -0.1) is 12.4 Å². The van der Waals surface area contributed by atoms with Gasteiger partial charge in [-0.25, -0.2) is 4.79 Å². The van der Waals surface area contributed by atoms with Crippen molar-refractivity contribution in [2.75, 3.05) is 19.9 Å². The van der Waals surface area contributed by atoms with Gasteiger partial charge in [0.05, 0.1) is 25.5 Å². The predicted molar refractivity (Wildman–Crippen MR) is 141 cm³/mol. The number of hydrogen-bond donors (Lipinski definition) is 1. The van der Waals surface area contributed by atoms with Crippen LogP contribution in [0.5, 0.6) is 11.5 Å². The van der Waals surface area contributed by atoms with E-state index in [2.05, 4.69) is 5.32 Å². The van der Waals surface area contributed by atoms with Gasteiger partial charge in [0, 0.05) is 23.6 Å². The SMILES string of the molecule is COc1ccc(C(CC(C)NCC(=O)c2ccc(OC(=O)c3ccccc3)cc2)[S+](C)[O-])cc1.Cl. The van der Waals surface area contributed by atoms with Gasteiger partial charge in [-0.05, 0) is 66.6 Å². The Balaban J connectivity index is 0.00000432. The van der Waals surface area contributed by atoms with Gasteiger partial charge in [0.15, 0.2) is 5.78 Å². The number of esters is 1. The van der Waals surface area contributed by atoms with E-state index < -0.39 is 17.1 Å². The van der Waals surface area contributed by atoms with Crippen LogP contribution in [0.4, 0.5) is 0 Å². The van der Waals surface area contributed by atoms with Crippen LogP contribution in [-0.4, -0.2) is 42.3 Å². The lowest BCUT2D eigenvalue weighted by atomic mass is 10.0. The molecule has 0 aliphatic carbocycles. The molecule has 0 fully saturated rings. The van der Waals surface area contributed by atoms with Crippen molar-refractivity contribution < 1.29 is 23.6 Å². The van der Waals surface area contributed by atoms with Crippen LogP contribution in [0.15, 0.2) is 78.9 Å². The number of hydrogen-bond acceptors (Lipinski definition) is 6. The van der Waals surface area contributed by atoms with E-state index >= 15 is 0 Å². The summed E-state index contributed by atoms with van der Waals surface area (Å²) < 4.78 is 22.9. The zero-order chi connectivity index (χ0) is 24.5. The number of ketones is 1. The molecule has 3 unspecified atom stereocenters. The third-order valence-corrected chi connectivity index (χ3v) is 6.73. The maximum absolute atomic E-state index is 12.6. The molecular formula is C27H30ClNO5S. The minimum atomic E-state index is -1.06. The average molecular weight is 516 g/mol. The second-order valence-corrected chi connectivity index (χ2v) is 9.55. The smallest absolute Gasteiger partial charge is 0.343 e. The van der Waals surface area contributed by atoms with Gasteiger partial charge in [-0.3, -0.25) is 4.79 Å². The highest BCUT2D eigenvalue weighted by molar-refractivity contribution is 7.90. The molecule has 3 aromatic carbocycles. The maximum Gasteiger partial charge on any atom is 0.343 e. The molecule has 0 heterocycles. The Labute approximate surface area is 215 Å². The fourth-order valence-corrected chi connectivity index (χ4v) is 4.60. The summed E-state index contributed by atoms with van der Waals surface area (Å²) in [5, 5.41) is 3.08. The first kappa shape index (κ1) is 28.4. The van der Waals surface area contributed by atoms with Crippen molar-refractivity contribution >= 4 is 35.3 Å². The Morgan fingerprint density at radius 1 is 0.914 bits per heavy atom. The molecule has 0 bridgehead atoms. The number of carbonyl (C=O) groups excluding carboxylic acids is 2. The van der Waals surface area contributed by atoms with Crippen molar-refractivity contribution in [3.63, 3.8) is 0 Å². The largest absolute Gasteiger partial charge is 0.616 e. The molecule has 0 radical (unpaired) electrons. The first-order valence-corrected chi connectivity index (χ1v) is 12.6. The monoisotopic (exact) mass is 515 g/mol. The van der Waals surface area contributed by atoms with Crippen LogP contribution in [0.25, 0.3) is 0 Å². The third-order valence-electron chi connectivity index (χ3n) is 5.46. The normalized spacial score (nSPS) is 13.1. The molecule has 3 atom stereocenters. The van der Waals surface area contributed by atoms with Crippen LogP contribution in [0.3, 0.4) is 0 Å². The van der Waals surface area contributed by atoms with Gasteiger partial charge in [0.25, 0.3) is 0 Å². The van der Waals surface area contributed by atoms with Crippen molar-refractivity contribution in [3.05, 3.63) is 95.6 Å². The molecule has 0 spiro atoms. The topological polar surface area (TPSA) is 87.7 Å². The van der Waals surface area contributed by atoms with E-state index in [1.54, 1.807) is 61.9 Å². The Hall–Kier alpha value is -2.84. The third kappa shape index (κ3) is 8.40. The van der Waals surface area contributed by atoms with Crippen molar-refractivity contribution in [2.24, 2.45) is 0 Å². The molecule has 0 saturated heterocycles. The summed E-state index contributed by atoms with van der Waals surface area (Å²) in [6, 6.07) is 22.8. The number of ether oxygens (including phenoxy) is 2. The number of benzene rings is 3. The van der Waals surface area contributed by atoms with Crippen LogP contribution in [0.1, 0.15) is 44.9 Å². The molecule has 35 heavy (non-hydrogen) atoms. The summed E-state index contributed by atoms with van der Waals surface area (Å²) in [6.07, 6.45) is 2.32. The van der Waals surface area contributed by atoms with Gasteiger partial charge in [-0.1, -0.05) is 30.3 Å². The zero-order valence-electron chi connectivity index (χ0n) is 19.9. The van der Waals surface area contributed by atoms with Crippen molar-refractivity contribution in [3.8, 4) is 11.5 Å². The summed E-state index contributed by atoms with van der Waals surface area (Å²) >= 11 is -1.06. The van der Waals surface area contributed by atoms with E-state index in [-0.39, 0.29) is 36.0 Å². The number of nitrogens with one attached hydrogen (secondary N) is 1. The summed E-state index contributed by atoms with van der Waals surface area (Å²) in [6.45, 7) is 2.12. The first-order valence-electron chi connectivity index (χ1n) is 11.0. The molecule has 8 heteroatoms. The van der Waals surface area contributed by atoms with E-state index in [0.717, 1.165) is 11.3 Å². The molecule has 0 aliphatic heterocycles. The molecule has 186 valence electrons. The maximum atomic E-state index is 12.6. The molecule has 0 aromatic heterocycles. The van der Waals surface area contributed by atoms with Gasteiger partial charge >= 0.3 is 5.97 Å². The quantitative estimate of drug-likeness (QED) is 0.167. The lowest BCUT2D eigenvalue weighted by molar-refractivity contribution is 0.0734. The number of methoxy groups -OCH3 is 1. The van der Waals surface area contributed by atoms with Crippen LogP contribution in [0.2, 0.25) is 0 Å². The highest BCUT2D eigenvalue weighted by Gasteiger charge is 2.24. The minimum absolute atomic E-state index is 0. The minimum Gasteiger partial charge on any atom is -0.616 e. The fourth-order valence-electron chi connectivity index (χ4n) is 3.50. The first-order chi connectivity index (χ1) is 16.4. The molecule has 0 aliphatic rings. The van der Waals surface area contributed by atoms with E-state index in [9.17, 15) is 14.1 Å². The lowest BCUT2D eigenvalue weighted by Crippen LogP contribution is -2.33. The fraction of sp³-hybridized carbons (Fsp3) is 0.259. The molecule has 0 amide bonds. The number of rotatable bonds is 11. The van der Waals surface area contributed by atoms with Gasteiger partial charge in [0.1, 0.15) is 16.7 Å². The number of carbonyl (C=O) groups is 2. The van der Waals surface area contributed by atoms with E-state index in [1.807, 2.05) is 37.3 Å². The molecular weight excluding hydrogens is 486 g/mol. The molecule has 3 aromatic rings.